The van der Waals surface area contributed by atoms with Crippen molar-refractivity contribution in [2.75, 3.05) is 0 Å². The minimum Gasteiger partial charge on any atom is -0.456 e. The van der Waals surface area contributed by atoms with Gasteiger partial charge in [0.25, 0.3) is 0 Å². The number of hydrogen-bond acceptors (Lipinski definition) is 2. The lowest BCUT2D eigenvalue weighted by Gasteiger charge is -2.22. The molecule has 61 heavy (non-hydrogen) atoms. The fourth-order valence-electron chi connectivity index (χ4n) is 10.9. The molecular weight excluding hydrogens is 757 g/mol. The highest BCUT2D eigenvalue weighted by Crippen LogP contribution is 2.52. The number of hydrogen-bond donors (Lipinski definition) is 0. The molecule has 0 bridgehead atoms. The highest BCUT2D eigenvalue weighted by atomic mass is 32.1. The van der Waals surface area contributed by atoms with E-state index in [0.29, 0.717) is 0 Å². The molecule has 0 amide bonds. The maximum Gasteiger partial charge on any atom is 0.136 e. The van der Waals surface area contributed by atoms with Crippen LogP contribution in [0.1, 0.15) is 25.0 Å². The summed E-state index contributed by atoms with van der Waals surface area (Å²) in [6.45, 7) is 4.76. The molecule has 0 spiro atoms. The molecule has 2 heteroatoms. The highest BCUT2D eigenvalue weighted by molar-refractivity contribution is 7.25. The van der Waals surface area contributed by atoms with Gasteiger partial charge in [-0.15, -0.1) is 11.3 Å². The molecule has 0 unspecified atom stereocenters. The summed E-state index contributed by atoms with van der Waals surface area (Å²) in [5, 5.41) is 17.5. The molecule has 13 aromatic rings. The average Bonchev–Trinajstić information content (AvgIpc) is 3.93. The van der Waals surface area contributed by atoms with Crippen molar-refractivity contribution in [2.24, 2.45) is 0 Å². The van der Waals surface area contributed by atoms with E-state index in [2.05, 4.69) is 196 Å². The first-order valence-corrected chi connectivity index (χ1v) is 22.0. The van der Waals surface area contributed by atoms with Gasteiger partial charge in [-0.3, -0.25) is 0 Å². The van der Waals surface area contributed by atoms with Crippen molar-refractivity contribution in [1.82, 2.24) is 0 Å². The largest absolute Gasteiger partial charge is 0.456 e. The van der Waals surface area contributed by atoms with Gasteiger partial charge in [0.2, 0.25) is 0 Å². The van der Waals surface area contributed by atoms with Gasteiger partial charge in [-0.05, 0) is 159 Å². The van der Waals surface area contributed by atoms with Crippen LogP contribution in [0, 0.1) is 0 Å². The zero-order chi connectivity index (χ0) is 40.1. The van der Waals surface area contributed by atoms with E-state index >= 15 is 0 Å². The van der Waals surface area contributed by atoms with Crippen LogP contribution in [0.25, 0.3) is 129 Å². The number of furan rings is 1. The lowest BCUT2D eigenvalue weighted by Crippen LogP contribution is -2.15. The van der Waals surface area contributed by atoms with Crippen LogP contribution in [0.5, 0.6) is 0 Å². The maximum absolute atomic E-state index is 6.55. The van der Waals surface area contributed by atoms with Crippen molar-refractivity contribution in [3.8, 4) is 33.4 Å². The average molecular weight is 793 g/mol. The lowest BCUT2D eigenvalue weighted by molar-refractivity contribution is 0.661. The Morgan fingerprint density at radius 2 is 0.869 bits per heavy atom. The van der Waals surface area contributed by atoms with Crippen molar-refractivity contribution in [3.63, 3.8) is 0 Å². The maximum atomic E-state index is 6.55. The second-order valence-corrected chi connectivity index (χ2v) is 18.7. The van der Waals surface area contributed by atoms with Crippen LogP contribution < -0.4 is 0 Å². The monoisotopic (exact) mass is 792 g/mol. The smallest absolute Gasteiger partial charge is 0.136 e. The summed E-state index contributed by atoms with van der Waals surface area (Å²) in [6.07, 6.45) is 0. The Morgan fingerprint density at radius 3 is 1.61 bits per heavy atom. The van der Waals surface area contributed by atoms with Gasteiger partial charge in [-0.2, -0.15) is 0 Å². The van der Waals surface area contributed by atoms with Crippen molar-refractivity contribution < 1.29 is 4.42 Å². The van der Waals surface area contributed by atoms with E-state index < -0.39 is 0 Å². The van der Waals surface area contributed by atoms with Crippen LogP contribution in [0.4, 0.5) is 0 Å². The number of benzene rings is 11. The van der Waals surface area contributed by atoms with Gasteiger partial charge in [0.05, 0.1) is 0 Å². The predicted molar refractivity (Wildman–Crippen MR) is 263 cm³/mol. The Hall–Kier alpha value is -7.26. The van der Waals surface area contributed by atoms with E-state index in [-0.39, 0.29) is 5.41 Å². The summed E-state index contributed by atoms with van der Waals surface area (Å²) < 4.78 is 9.18. The third-order valence-corrected chi connectivity index (χ3v) is 15.1. The van der Waals surface area contributed by atoms with Crippen molar-refractivity contribution >= 4 is 107 Å². The predicted octanol–water partition coefficient (Wildman–Crippen LogP) is 17.4. The highest BCUT2D eigenvalue weighted by Gasteiger charge is 2.36. The molecule has 0 fully saturated rings. The summed E-state index contributed by atoms with van der Waals surface area (Å²) in [5.74, 6) is 0. The number of thiophene rings is 1. The summed E-state index contributed by atoms with van der Waals surface area (Å²) in [4.78, 5) is 0. The number of fused-ring (bicyclic) bond motifs is 18. The van der Waals surface area contributed by atoms with Crippen LogP contribution in [-0.4, -0.2) is 0 Å². The first-order chi connectivity index (χ1) is 29.9. The van der Waals surface area contributed by atoms with E-state index in [1.165, 1.54) is 119 Å². The van der Waals surface area contributed by atoms with E-state index in [0.717, 1.165) is 21.9 Å². The van der Waals surface area contributed by atoms with E-state index in [4.69, 9.17) is 4.42 Å². The minimum absolute atomic E-state index is 0.0779. The molecule has 1 aliphatic carbocycles. The molecule has 2 heterocycles. The van der Waals surface area contributed by atoms with Crippen LogP contribution in [-0.2, 0) is 5.41 Å². The second-order valence-electron chi connectivity index (χ2n) is 17.6. The van der Waals surface area contributed by atoms with E-state index in [1.807, 2.05) is 11.3 Å². The van der Waals surface area contributed by atoms with Crippen LogP contribution >= 0.6 is 11.3 Å². The van der Waals surface area contributed by atoms with Gasteiger partial charge >= 0.3 is 0 Å². The van der Waals surface area contributed by atoms with Gasteiger partial charge in [-0.25, -0.2) is 0 Å². The summed E-state index contributed by atoms with van der Waals surface area (Å²) in [7, 11) is 0. The first kappa shape index (κ1) is 33.6. The second kappa shape index (κ2) is 11.9. The standard InChI is InChI=1S/C59H36OS/c1-59(2)52-22-17-33-9-5-6-12-40(33)58(52)44-21-16-39(29-53(44)59)38-19-24-57-51(28-38)50-27-37(18-23-56(50)61-57)36-15-20-43-45(25-36)41-13-7-8-14-42(41)47-32-55-49(31-46(43)47)48-26-34-10-3-4-11-35(34)30-54(48)60-55/h3-32H,1-2H3. The molecule has 11 aromatic carbocycles. The van der Waals surface area contributed by atoms with Gasteiger partial charge in [0.1, 0.15) is 11.2 Å². The van der Waals surface area contributed by atoms with E-state index in [1.54, 1.807) is 0 Å². The third kappa shape index (κ3) is 4.66. The molecule has 284 valence electrons. The minimum atomic E-state index is -0.0779. The van der Waals surface area contributed by atoms with Crippen molar-refractivity contribution in [1.29, 1.82) is 0 Å². The summed E-state index contributed by atoms with van der Waals surface area (Å²) >= 11 is 1.88. The van der Waals surface area contributed by atoms with E-state index in [9.17, 15) is 0 Å². The fraction of sp³-hybridized carbons (Fsp3) is 0.0508. The topological polar surface area (TPSA) is 13.1 Å². The number of rotatable bonds is 2. The SMILES string of the molecule is CC1(C)c2cc(-c3ccc4sc5ccc(-c6ccc7c(c6)c6ccccc6c6cc8oc9cc%10ccccc%10cc9c8cc76)cc5c4c3)ccc2-c2c1ccc1ccccc21. The Morgan fingerprint density at radius 1 is 0.344 bits per heavy atom. The molecular formula is C59H36OS. The molecule has 2 aromatic heterocycles. The Bertz CT molecular complexity index is 4080. The summed E-state index contributed by atoms with van der Waals surface area (Å²) in [5.41, 5.74) is 12.3. The van der Waals surface area contributed by atoms with Crippen molar-refractivity contribution in [3.05, 3.63) is 193 Å². The molecule has 0 radical (unpaired) electrons. The normalized spacial score (nSPS) is 13.5. The van der Waals surface area contributed by atoms with Gasteiger partial charge in [0, 0.05) is 36.4 Å². The zero-order valence-corrected chi connectivity index (χ0v) is 34.5. The molecule has 0 atom stereocenters. The molecule has 1 nitrogen and oxygen atoms in total. The zero-order valence-electron chi connectivity index (χ0n) is 33.6. The van der Waals surface area contributed by atoms with Gasteiger partial charge in [0.15, 0.2) is 0 Å². The van der Waals surface area contributed by atoms with Crippen LogP contribution in [0.2, 0.25) is 0 Å². The molecule has 0 saturated heterocycles. The van der Waals surface area contributed by atoms with Crippen LogP contribution in [0.15, 0.2) is 186 Å². The molecule has 0 N–H and O–H groups in total. The molecule has 1 aliphatic rings. The van der Waals surface area contributed by atoms with Gasteiger partial charge in [-0.1, -0.05) is 135 Å². The Kier molecular flexibility index (Phi) is 6.57. The Labute approximate surface area is 355 Å². The van der Waals surface area contributed by atoms with Crippen molar-refractivity contribution in [2.45, 2.75) is 19.3 Å². The molecule has 14 rings (SSSR count). The quantitative estimate of drug-likeness (QED) is 0.159. The van der Waals surface area contributed by atoms with Gasteiger partial charge < -0.3 is 4.42 Å². The Balaban J connectivity index is 0.906. The molecule has 0 aliphatic heterocycles. The molecule has 0 saturated carbocycles. The summed E-state index contributed by atoms with van der Waals surface area (Å²) in [6, 6.07) is 68.2. The van der Waals surface area contributed by atoms with Crippen LogP contribution in [0.3, 0.4) is 0 Å². The lowest BCUT2D eigenvalue weighted by atomic mass is 9.81. The fourth-order valence-corrected chi connectivity index (χ4v) is 12.0. The first-order valence-electron chi connectivity index (χ1n) is 21.2. The third-order valence-electron chi connectivity index (χ3n) is 14.0.